The van der Waals surface area contributed by atoms with Crippen LogP contribution in [0.25, 0.3) is 0 Å². The summed E-state index contributed by atoms with van der Waals surface area (Å²) in [6, 6.07) is 5.24. The lowest BCUT2D eigenvalue weighted by atomic mass is 10.1. The first-order chi connectivity index (χ1) is 14.3. The van der Waals surface area contributed by atoms with Gasteiger partial charge in [0.25, 0.3) is 0 Å². The molecule has 1 aromatic carbocycles. The third-order valence-electron chi connectivity index (χ3n) is 3.82. The predicted molar refractivity (Wildman–Crippen MR) is 106 cm³/mol. The van der Waals surface area contributed by atoms with Crippen LogP contribution in [0.3, 0.4) is 0 Å². The van der Waals surface area contributed by atoms with Gasteiger partial charge in [-0.15, -0.1) is 6.42 Å². The number of carbonyl (C=O) groups is 2. The Morgan fingerprint density at radius 3 is 2.67 bits per heavy atom. The van der Waals surface area contributed by atoms with Crippen LogP contribution >= 0.6 is 23.2 Å². The van der Waals surface area contributed by atoms with Gasteiger partial charge in [0.1, 0.15) is 12.7 Å². The van der Waals surface area contributed by atoms with E-state index in [1.807, 2.05) is 16.8 Å². The van der Waals surface area contributed by atoms with Crippen LogP contribution in [-0.2, 0) is 36.1 Å². The second kappa shape index (κ2) is 11.0. The quantitative estimate of drug-likeness (QED) is 0.385. The normalized spacial score (nSPS) is 20.1. The van der Waals surface area contributed by atoms with Crippen molar-refractivity contribution in [2.24, 2.45) is 0 Å². The van der Waals surface area contributed by atoms with Gasteiger partial charge in [0, 0.05) is 23.0 Å². The van der Waals surface area contributed by atoms with Crippen molar-refractivity contribution < 1.29 is 34.0 Å². The Balaban J connectivity index is 0.000000469. The first kappa shape index (κ1) is 23.7. The molecule has 2 atom stereocenters. The lowest BCUT2D eigenvalue weighted by molar-refractivity contribution is -0.191. The van der Waals surface area contributed by atoms with Crippen molar-refractivity contribution in [1.82, 2.24) is 9.55 Å². The van der Waals surface area contributed by atoms with Gasteiger partial charge in [-0.2, -0.15) is 0 Å². The summed E-state index contributed by atoms with van der Waals surface area (Å²) in [6.07, 6.45) is 10.2. The van der Waals surface area contributed by atoms with E-state index in [0.29, 0.717) is 35.4 Å². The molecule has 0 amide bonds. The Morgan fingerprint density at radius 1 is 1.37 bits per heavy atom. The molecule has 1 fully saturated rings. The molecule has 1 aliphatic heterocycles. The monoisotopic (exact) mass is 456 g/mol. The molecule has 0 saturated carbocycles. The highest BCUT2D eigenvalue weighted by Gasteiger charge is 2.45. The fraction of sp³-hybridized carbons (Fsp3) is 0.316. The second-order valence-electron chi connectivity index (χ2n) is 5.99. The maximum Gasteiger partial charge on any atom is 0.414 e. The molecular formula is C19H18Cl2N2O7. The first-order valence-corrected chi connectivity index (χ1v) is 9.23. The van der Waals surface area contributed by atoms with E-state index in [4.69, 9.17) is 63.6 Å². The van der Waals surface area contributed by atoms with Gasteiger partial charge in [0.05, 0.1) is 31.1 Å². The van der Waals surface area contributed by atoms with Gasteiger partial charge in [-0.25, -0.2) is 14.6 Å². The highest BCUT2D eigenvalue weighted by atomic mass is 35.5. The van der Waals surface area contributed by atoms with Crippen LogP contribution in [0.2, 0.25) is 10.0 Å². The van der Waals surface area contributed by atoms with Gasteiger partial charge in [0.15, 0.2) is 0 Å². The summed E-state index contributed by atoms with van der Waals surface area (Å²) < 4.78 is 19.5. The number of aliphatic carboxylic acids is 2. The number of rotatable bonds is 6. The van der Waals surface area contributed by atoms with Crippen molar-refractivity contribution >= 4 is 35.1 Å². The van der Waals surface area contributed by atoms with Gasteiger partial charge in [-0.05, 0) is 12.1 Å². The molecule has 1 saturated heterocycles. The Bertz CT molecular complexity index is 902. The van der Waals surface area contributed by atoms with Crippen LogP contribution in [0.5, 0.6) is 0 Å². The van der Waals surface area contributed by atoms with E-state index in [1.165, 1.54) is 0 Å². The van der Waals surface area contributed by atoms with Crippen molar-refractivity contribution in [3.05, 3.63) is 52.5 Å². The summed E-state index contributed by atoms with van der Waals surface area (Å²) in [5.74, 6) is -2.25. The zero-order chi connectivity index (χ0) is 22.1. The minimum absolute atomic E-state index is 0.232. The van der Waals surface area contributed by atoms with E-state index >= 15 is 0 Å². The molecule has 0 radical (unpaired) electrons. The van der Waals surface area contributed by atoms with Crippen molar-refractivity contribution in [3.8, 4) is 12.3 Å². The molecule has 0 aliphatic carbocycles. The fourth-order valence-corrected chi connectivity index (χ4v) is 3.18. The van der Waals surface area contributed by atoms with Crippen LogP contribution in [0.1, 0.15) is 5.56 Å². The zero-order valence-corrected chi connectivity index (χ0v) is 17.0. The summed E-state index contributed by atoms with van der Waals surface area (Å²) >= 11 is 12.4. The Labute approximate surface area is 182 Å². The molecule has 30 heavy (non-hydrogen) atoms. The largest absolute Gasteiger partial charge is 0.473 e. The van der Waals surface area contributed by atoms with Crippen molar-refractivity contribution in [2.45, 2.75) is 18.4 Å². The van der Waals surface area contributed by atoms with Crippen LogP contribution in [0.15, 0.2) is 36.9 Å². The van der Waals surface area contributed by atoms with Crippen molar-refractivity contribution in [1.29, 1.82) is 0 Å². The highest BCUT2D eigenvalue weighted by Crippen LogP contribution is 2.40. The van der Waals surface area contributed by atoms with Crippen molar-refractivity contribution in [2.75, 3.05) is 19.8 Å². The standard InChI is InChI=1S/C17H16Cl2N2O3.C2H2O4/c1-2-7-22-9-14-10-23-17(24-14,11-21-6-5-20-12-21)15-4-3-13(18)8-16(15)19;3-1(4)2(5)6/h1,3-6,8,12,14H,7,9-11H2;(H,3,4)(H,5,6)/t14-,17-;/m0./s1. The molecule has 1 aliphatic rings. The maximum atomic E-state index is 9.10. The second-order valence-corrected chi connectivity index (χ2v) is 6.84. The molecule has 2 N–H and O–H groups in total. The average Bonchev–Trinajstić information content (AvgIpc) is 3.33. The molecule has 1 aromatic heterocycles. The fourth-order valence-electron chi connectivity index (χ4n) is 2.62. The highest BCUT2D eigenvalue weighted by molar-refractivity contribution is 6.35. The number of hydrogen-bond acceptors (Lipinski definition) is 6. The number of ether oxygens (including phenoxy) is 3. The molecule has 0 spiro atoms. The molecule has 3 rings (SSSR count). The zero-order valence-electron chi connectivity index (χ0n) is 15.5. The summed E-state index contributed by atoms with van der Waals surface area (Å²) in [5.41, 5.74) is 0.710. The van der Waals surface area contributed by atoms with Crippen LogP contribution in [-0.4, -0.2) is 57.6 Å². The van der Waals surface area contributed by atoms with Crippen LogP contribution < -0.4 is 0 Å². The maximum absolute atomic E-state index is 9.10. The van der Waals surface area contributed by atoms with Crippen LogP contribution in [0.4, 0.5) is 0 Å². The summed E-state index contributed by atoms with van der Waals surface area (Å²) in [5, 5.41) is 15.8. The summed E-state index contributed by atoms with van der Waals surface area (Å²) in [6.45, 7) is 1.36. The third-order valence-corrected chi connectivity index (χ3v) is 4.37. The minimum Gasteiger partial charge on any atom is -0.473 e. The number of carboxylic acids is 2. The van der Waals surface area contributed by atoms with E-state index in [2.05, 4.69) is 10.9 Å². The lowest BCUT2D eigenvalue weighted by Crippen LogP contribution is -2.34. The number of halogens is 2. The minimum atomic E-state index is -1.82. The van der Waals surface area contributed by atoms with Gasteiger partial charge in [-0.1, -0.05) is 35.2 Å². The Morgan fingerprint density at radius 2 is 2.10 bits per heavy atom. The topological polar surface area (TPSA) is 120 Å². The van der Waals surface area contributed by atoms with E-state index in [9.17, 15) is 0 Å². The lowest BCUT2D eigenvalue weighted by Gasteiger charge is -2.29. The number of benzene rings is 1. The van der Waals surface area contributed by atoms with E-state index in [0.717, 1.165) is 0 Å². The molecule has 0 bridgehead atoms. The molecule has 2 heterocycles. The van der Waals surface area contributed by atoms with Gasteiger partial charge >= 0.3 is 11.9 Å². The van der Waals surface area contributed by atoms with E-state index in [-0.39, 0.29) is 12.7 Å². The predicted octanol–water partition coefficient (Wildman–Crippen LogP) is 2.26. The van der Waals surface area contributed by atoms with Crippen LogP contribution in [0, 0.1) is 12.3 Å². The Kier molecular flexibility index (Phi) is 8.65. The smallest absolute Gasteiger partial charge is 0.414 e. The number of hydrogen-bond donors (Lipinski definition) is 2. The van der Waals surface area contributed by atoms with E-state index in [1.54, 1.807) is 24.7 Å². The first-order valence-electron chi connectivity index (χ1n) is 8.48. The molecule has 2 aromatic rings. The SMILES string of the molecule is C#CCOC[C@H]1CO[C@](Cn2ccnc2)(c2ccc(Cl)cc2Cl)O1.O=C(O)C(=O)O. The molecule has 9 nitrogen and oxygen atoms in total. The summed E-state index contributed by atoms with van der Waals surface area (Å²) in [4.78, 5) is 22.3. The van der Waals surface area contributed by atoms with Gasteiger partial charge in [0.2, 0.25) is 5.79 Å². The molecule has 0 unspecified atom stereocenters. The van der Waals surface area contributed by atoms with Gasteiger partial charge in [-0.3, -0.25) is 0 Å². The number of nitrogens with zero attached hydrogens (tertiary/aromatic N) is 2. The molecule has 11 heteroatoms. The number of aromatic nitrogens is 2. The van der Waals surface area contributed by atoms with Crippen molar-refractivity contribution in [3.63, 3.8) is 0 Å². The van der Waals surface area contributed by atoms with Gasteiger partial charge < -0.3 is 29.0 Å². The number of carboxylic acid groups (broad SMARTS) is 2. The average molecular weight is 457 g/mol. The summed E-state index contributed by atoms with van der Waals surface area (Å²) in [7, 11) is 0. The third kappa shape index (κ3) is 6.45. The molecule has 160 valence electrons. The number of terminal acetylenes is 1. The van der Waals surface area contributed by atoms with E-state index < -0.39 is 17.7 Å². The number of imidazole rings is 1. The Hall–Kier alpha value is -2.61. The molecular weight excluding hydrogens is 439 g/mol.